The van der Waals surface area contributed by atoms with Crippen LogP contribution in [-0.4, -0.2) is 19.5 Å². The lowest BCUT2D eigenvalue weighted by Crippen LogP contribution is -2.06. The first-order chi connectivity index (χ1) is 9.98. The Kier molecular flexibility index (Phi) is 3.29. The van der Waals surface area contributed by atoms with Gasteiger partial charge in [-0.15, -0.1) is 0 Å². The quantitative estimate of drug-likeness (QED) is 0.923. The van der Waals surface area contributed by atoms with E-state index in [1.165, 1.54) is 6.07 Å². The van der Waals surface area contributed by atoms with Crippen molar-refractivity contribution in [3.8, 4) is 0 Å². The molecule has 1 N–H and O–H groups in total. The molecule has 0 atom stereocenters. The van der Waals surface area contributed by atoms with Gasteiger partial charge in [0.05, 0.1) is 16.2 Å². The van der Waals surface area contributed by atoms with Gasteiger partial charge in [-0.05, 0) is 41.7 Å². The standard InChI is InChI=1S/C16H14O4S/c17-16(18)10-11-5-8-15-13(9-11)7-6-12-3-1-2-4-14(12)21(15,19)20/h1-5,8-9H,6-7,10H2,(H,17,18). The van der Waals surface area contributed by atoms with Crippen LogP contribution in [0.2, 0.25) is 0 Å². The molecule has 0 aromatic heterocycles. The molecular formula is C16H14O4S. The van der Waals surface area contributed by atoms with Crippen LogP contribution in [0, 0.1) is 0 Å². The van der Waals surface area contributed by atoms with Crippen molar-refractivity contribution in [3.63, 3.8) is 0 Å². The third-order valence-corrected chi connectivity index (χ3v) is 5.65. The third kappa shape index (κ3) is 2.45. The van der Waals surface area contributed by atoms with Gasteiger partial charge in [0.25, 0.3) is 0 Å². The van der Waals surface area contributed by atoms with Gasteiger partial charge < -0.3 is 5.11 Å². The molecule has 0 unspecified atom stereocenters. The number of carbonyl (C=O) groups is 1. The van der Waals surface area contributed by atoms with Gasteiger partial charge in [-0.2, -0.15) is 0 Å². The summed E-state index contributed by atoms with van der Waals surface area (Å²) in [6.07, 6.45) is 1.14. The Balaban J connectivity index is 2.16. The minimum absolute atomic E-state index is 0.0969. The molecule has 0 bridgehead atoms. The maximum Gasteiger partial charge on any atom is 0.307 e. The largest absolute Gasteiger partial charge is 0.481 e. The lowest BCUT2D eigenvalue weighted by molar-refractivity contribution is -0.136. The van der Waals surface area contributed by atoms with Gasteiger partial charge in [-0.25, -0.2) is 8.42 Å². The van der Waals surface area contributed by atoms with Crippen LogP contribution in [0.1, 0.15) is 16.7 Å². The van der Waals surface area contributed by atoms with Crippen LogP contribution < -0.4 is 0 Å². The molecule has 2 aromatic rings. The van der Waals surface area contributed by atoms with Gasteiger partial charge in [0.15, 0.2) is 0 Å². The Morgan fingerprint density at radius 2 is 1.67 bits per heavy atom. The summed E-state index contributed by atoms with van der Waals surface area (Å²) in [5, 5.41) is 8.85. The van der Waals surface area contributed by atoms with E-state index in [9.17, 15) is 13.2 Å². The molecule has 108 valence electrons. The summed E-state index contributed by atoms with van der Waals surface area (Å²) in [6.45, 7) is 0. The molecule has 0 spiro atoms. The molecule has 1 heterocycles. The molecular weight excluding hydrogens is 288 g/mol. The van der Waals surface area contributed by atoms with E-state index >= 15 is 0 Å². The van der Waals surface area contributed by atoms with Crippen LogP contribution in [0.5, 0.6) is 0 Å². The first-order valence-electron chi connectivity index (χ1n) is 6.65. The minimum atomic E-state index is -3.53. The van der Waals surface area contributed by atoms with E-state index in [0.717, 1.165) is 5.56 Å². The number of rotatable bonds is 2. The zero-order valence-corrected chi connectivity index (χ0v) is 12.1. The topological polar surface area (TPSA) is 71.4 Å². The van der Waals surface area contributed by atoms with Gasteiger partial charge in [-0.1, -0.05) is 30.3 Å². The molecule has 0 saturated carbocycles. The number of hydrogen-bond donors (Lipinski definition) is 1. The van der Waals surface area contributed by atoms with Gasteiger partial charge in [0.2, 0.25) is 9.84 Å². The fraction of sp³-hybridized carbons (Fsp3) is 0.188. The fourth-order valence-corrected chi connectivity index (χ4v) is 4.50. The van der Waals surface area contributed by atoms with Crippen molar-refractivity contribution in [2.24, 2.45) is 0 Å². The number of carboxylic acids is 1. The van der Waals surface area contributed by atoms with E-state index < -0.39 is 15.8 Å². The van der Waals surface area contributed by atoms with Crippen molar-refractivity contribution < 1.29 is 18.3 Å². The lowest BCUT2D eigenvalue weighted by atomic mass is 10.0. The molecule has 0 aliphatic carbocycles. The predicted molar refractivity (Wildman–Crippen MR) is 77.1 cm³/mol. The second kappa shape index (κ2) is 5.00. The summed E-state index contributed by atoms with van der Waals surface area (Å²) in [6, 6.07) is 11.8. The number of hydrogen-bond acceptors (Lipinski definition) is 3. The SMILES string of the molecule is O=C(O)Cc1ccc2c(c1)CCc1ccccc1S2(=O)=O. The zero-order chi connectivity index (χ0) is 15.0. The number of aliphatic carboxylic acids is 1. The van der Waals surface area contributed by atoms with E-state index in [1.54, 1.807) is 24.3 Å². The van der Waals surface area contributed by atoms with Gasteiger partial charge in [-0.3, -0.25) is 4.79 Å². The first-order valence-corrected chi connectivity index (χ1v) is 8.13. The minimum Gasteiger partial charge on any atom is -0.481 e. The smallest absolute Gasteiger partial charge is 0.307 e. The Hall–Kier alpha value is -2.14. The van der Waals surface area contributed by atoms with Gasteiger partial charge >= 0.3 is 5.97 Å². The Morgan fingerprint density at radius 1 is 1.00 bits per heavy atom. The predicted octanol–water partition coefficient (Wildman–Crippen LogP) is 2.25. The summed E-state index contributed by atoms with van der Waals surface area (Å²) >= 11 is 0. The molecule has 0 radical (unpaired) electrons. The van der Waals surface area contributed by atoms with Crippen molar-refractivity contribution in [2.75, 3.05) is 0 Å². The van der Waals surface area contributed by atoms with Crippen molar-refractivity contribution in [1.82, 2.24) is 0 Å². The normalized spacial score (nSPS) is 15.6. The number of fused-ring (bicyclic) bond motifs is 2. The molecule has 3 rings (SSSR count). The van der Waals surface area contributed by atoms with E-state index in [0.29, 0.717) is 33.8 Å². The average Bonchev–Trinajstić information content (AvgIpc) is 2.54. The summed E-state index contributed by atoms with van der Waals surface area (Å²) in [5.74, 6) is -0.922. The van der Waals surface area contributed by atoms with Crippen LogP contribution in [0.25, 0.3) is 0 Å². The molecule has 2 aromatic carbocycles. The molecule has 0 amide bonds. The van der Waals surface area contributed by atoms with Gasteiger partial charge in [0.1, 0.15) is 0 Å². The Bertz CT molecular complexity index is 822. The highest BCUT2D eigenvalue weighted by Gasteiger charge is 2.27. The molecule has 1 aliphatic heterocycles. The second-order valence-electron chi connectivity index (χ2n) is 5.12. The highest BCUT2D eigenvalue weighted by molar-refractivity contribution is 7.91. The highest BCUT2D eigenvalue weighted by Crippen LogP contribution is 2.32. The molecule has 1 aliphatic rings. The second-order valence-corrected chi connectivity index (χ2v) is 7.01. The number of carboxylic acid groups (broad SMARTS) is 1. The first kappa shape index (κ1) is 13.8. The molecule has 0 saturated heterocycles. The van der Waals surface area contributed by atoms with E-state index in [-0.39, 0.29) is 6.42 Å². The molecule has 5 heteroatoms. The summed E-state index contributed by atoms with van der Waals surface area (Å²) < 4.78 is 25.5. The number of benzene rings is 2. The summed E-state index contributed by atoms with van der Waals surface area (Å²) in [5.41, 5.74) is 2.14. The van der Waals surface area contributed by atoms with E-state index in [1.807, 2.05) is 12.1 Å². The third-order valence-electron chi connectivity index (χ3n) is 3.70. The van der Waals surface area contributed by atoms with E-state index in [4.69, 9.17) is 5.11 Å². The highest BCUT2D eigenvalue weighted by atomic mass is 32.2. The van der Waals surface area contributed by atoms with Crippen LogP contribution in [0.15, 0.2) is 52.3 Å². The molecule has 0 fully saturated rings. The lowest BCUT2D eigenvalue weighted by Gasteiger charge is -2.09. The van der Waals surface area contributed by atoms with Crippen molar-refractivity contribution in [1.29, 1.82) is 0 Å². The van der Waals surface area contributed by atoms with E-state index in [2.05, 4.69) is 0 Å². The average molecular weight is 302 g/mol. The zero-order valence-electron chi connectivity index (χ0n) is 11.2. The number of sulfone groups is 1. The van der Waals surface area contributed by atoms with Crippen LogP contribution in [0.4, 0.5) is 0 Å². The molecule has 4 nitrogen and oxygen atoms in total. The maximum absolute atomic E-state index is 12.7. The number of aryl methyl sites for hydroxylation is 2. The maximum atomic E-state index is 12.7. The van der Waals surface area contributed by atoms with Crippen molar-refractivity contribution in [3.05, 3.63) is 59.2 Å². The van der Waals surface area contributed by atoms with Crippen molar-refractivity contribution >= 4 is 15.8 Å². The van der Waals surface area contributed by atoms with Gasteiger partial charge in [0, 0.05) is 0 Å². The molecule has 21 heavy (non-hydrogen) atoms. The Morgan fingerprint density at radius 3 is 2.43 bits per heavy atom. The monoisotopic (exact) mass is 302 g/mol. The van der Waals surface area contributed by atoms with Crippen molar-refractivity contribution in [2.45, 2.75) is 29.1 Å². The van der Waals surface area contributed by atoms with Crippen LogP contribution in [0.3, 0.4) is 0 Å². The summed E-state index contributed by atoms with van der Waals surface area (Å²) in [4.78, 5) is 11.4. The van der Waals surface area contributed by atoms with Crippen LogP contribution >= 0.6 is 0 Å². The van der Waals surface area contributed by atoms with Crippen LogP contribution in [-0.2, 0) is 33.9 Å². The summed E-state index contributed by atoms with van der Waals surface area (Å²) in [7, 11) is -3.53. The fourth-order valence-electron chi connectivity index (χ4n) is 2.74. The Labute approximate surface area is 123 Å².